The lowest BCUT2D eigenvalue weighted by atomic mass is 10.2. The number of nitrogens with zero attached hydrogens (tertiary/aromatic N) is 2. The van der Waals surface area contributed by atoms with Crippen molar-refractivity contribution < 1.29 is 4.66 Å². The molecule has 1 heterocycles. The highest BCUT2D eigenvalue weighted by molar-refractivity contribution is 5.52. The Balaban J connectivity index is 2.51. The molecule has 5 nitrogen and oxygen atoms in total. The van der Waals surface area contributed by atoms with Crippen LogP contribution in [0, 0.1) is 4.91 Å². The maximum absolute atomic E-state index is 10.6. The monoisotopic (exact) mass is 163 g/mol. The third-order valence-electron chi connectivity index (χ3n) is 1.51. The summed E-state index contributed by atoms with van der Waals surface area (Å²) in [6, 6.07) is 9.40. The van der Waals surface area contributed by atoms with Crippen molar-refractivity contribution in [1.82, 2.24) is 15.4 Å². The van der Waals surface area contributed by atoms with Crippen LogP contribution in [0.15, 0.2) is 30.3 Å². The third-order valence-corrected chi connectivity index (χ3v) is 1.51. The Bertz CT molecular complexity index is 416. The first-order chi connectivity index (χ1) is 5.86. The fourth-order valence-electron chi connectivity index (χ4n) is 0.967. The molecule has 0 aliphatic rings. The predicted octanol–water partition coefficient (Wildman–Crippen LogP) is 0.319. The zero-order valence-electron chi connectivity index (χ0n) is 6.19. The minimum atomic E-state index is 0.447. The number of tetrazole rings is 1. The highest BCUT2D eigenvalue weighted by Gasteiger charge is 2.07. The molecule has 0 bridgehead atoms. The maximum atomic E-state index is 10.6. The Kier molecular flexibility index (Phi) is 1.48. The van der Waals surface area contributed by atoms with Crippen LogP contribution in [0.5, 0.6) is 0 Å². The normalized spacial score (nSPS) is 10.0. The fourth-order valence-corrected chi connectivity index (χ4v) is 0.967. The summed E-state index contributed by atoms with van der Waals surface area (Å²) in [7, 11) is 0. The van der Waals surface area contributed by atoms with Gasteiger partial charge in [-0.2, -0.15) is 0 Å². The minimum absolute atomic E-state index is 0.447. The van der Waals surface area contributed by atoms with Gasteiger partial charge in [-0.15, -0.1) is 5.10 Å². The second-order valence-electron chi connectivity index (χ2n) is 2.33. The topological polar surface area (TPSA) is 67.4 Å². The molecule has 0 aliphatic heterocycles. The Labute approximate surface area is 67.6 Å². The summed E-state index contributed by atoms with van der Waals surface area (Å²) in [6.45, 7) is 0. The van der Waals surface area contributed by atoms with Gasteiger partial charge in [-0.05, 0) is 17.0 Å². The van der Waals surface area contributed by atoms with Crippen LogP contribution < -0.4 is 4.66 Å². The number of hydrogen-bond donors (Lipinski definition) is 2. The SMILES string of the molecule is O=[n+]1[nH]nc(-c2ccccc2)[nH]1. The number of aromatic amines is 2. The van der Waals surface area contributed by atoms with Crippen LogP contribution in [-0.4, -0.2) is 15.4 Å². The molecule has 2 rings (SSSR count). The summed E-state index contributed by atoms with van der Waals surface area (Å²) in [5, 5.41) is 8.47. The van der Waals surface area contributed by atoms with E-state index in [-0.39, 0.29) is 0 Å². The van der Waals surface area contributed by atoms with Crippen molar-refractivity contribution >= 4 is 0 Å². The van der Waals surface area contributed by atoms with E-state index in [0.29, 0.717) is 10.5 Å². The van der Waals surface area contributed by atoms with E-state index in [4.69, 9.17) is 0 Å². The predicted molar refractivity (Wildman–Crippen MR) is 41.7 cm³/mol. The second-order valence-corrected chi connectivity index (χ2v) is 2.33. The molecule has 0 aliphatic carbocycles. The standard InChI is InChI=1S/C7H7N4O/c12-11-9-7(8-10-11)6-4-2-1-3-5-6/h1-5H,(H2,8,9,10,12)/q+1. The largest absolute Gasteiger partial charge is 0.313 e. The zero-order valence-corrected chi connectivity index (χ0v) is 6.19. The van der Waals surface area contributed by atoms with Gasteiger partial charge in [-0.25, -0.2) is 0 Å². The molecule has 0 saturated heterocycles. The summed E-state index contributed by atoms with van der Waals surface area (Å²) in [5.41, 5.74) is 0.878. The molecule has 1 aromatic heterocycles. The maximum Gasteiger partial charge on any atom is 0.313 e. The summed E-state index contributed by atoms with van der Waals surface area (Å²) in [5.74, 6) is 0.533. The minimum Gasteiger partial charge on any atom is -0.122 e. The molecule has 2 N–H and O–H groups in total. The van der Waals surface area contributed by atoms with Crippen LogP contribution in [-0.2, 0) is 0 Å². The van der Waals surface area contributed by atoms with Gasteiger partial charge in [0.25, 0.3) is 0 Å². The quantitative estimate of drug-likeness (QED) is 0.594. The average molecular weight is 163 g/mol. The first kappa shape index (κ1) is 6.78. The van der Waals surface area contributed by atoms with Gasteiger partial charge in [-0.3, -0.25) is 0 Å². The second kappa shape index (κ2) is 2.61. The van der Waals surface area contributed by atoms with Gasteiger partial charge in [0.15, 0.2) is 4.66 Å². The molecule has 12 heavy (non-hydrogen) atoms. The number of rotatable bonds is 1. The summed E-state index contributed by atoms with van der Waals surface area (Å²) in [4.78, 5) is 10.6. The van der Waals surface area contributed by atoms with E-state index in [0.717, 1.165) is 5.56 Å². The molecule has 0 radical (unpaired) electrons. The number of benzene rings is 1. The van der Waals surface area contributed by atoms with Crippen LogP contribution in [0.2, 0.25) is 0 Å². The first-order valence-electron chi connectivity index (χ1n) is 3.49. The zero-order chi connectivity index (χ0) is 8.39. The van der Waals surface area contributed by atoms with Gasteiger partial charge in [0.05, 0.1) is 5.10 Å². The summed E-state index contributed by atoms with van der Waals surface area (Å²) in [6.07, 6.45) is 0. The number of nitrogens with one attached hydrogen (secondary N) is 2. The summed E-state index contributed by atoms with van der Waals surface area (Å²) >= 11 is 0. The van der Waals surface area contributed by atoms with Crippen LogP contribution in [0.4, 0.5) is 0 Å². The van der Waals surface area contributed by atoms with Crippen LogP contribution in [0.3, 0.4) is 0 Å². The molecule has 60 valence electrons. The van der Waals surface area contributed by atoms with Crippen molar-refractivity contribution in [3.05, 3.63) is 35.2 Å². The van der Waals surface area contributed by atoms with Gasteiger partial charge >= 0.3 is 5.82 Å². The van der Waals surface area contributed by atoms with E-state index in [9.17, 15) is 4.91 Å². The summed E-state index contributed by atoms with van der Waals surface area (Å²) < 4.78 is 0.447. The van der Waals surface area contributed by atoms with Crippen molar-refractivity contribution in [1.29, 1.82) is 0 Å². The lowest BCUT2D eigenvalue weighted by molar-refractivity contribution is -0.625. The molecular weight excluding hydrogens is 156 g/mol. The van der Waals surface area contributed by atoms with E-state index < -0.39 is 0 Å². The molecule has 0 unspecified atom stereocenters. The Hall–Kier alpha value is -1.91. The van der Waals surface area contributed by atoms with E-state index in [2.05, 4.69) is 15.4 Å². The van der Waals surface area contributed by atoms with Gasteiger partial charge in [0.1, 0.15) is 0 Å². The molecule has 0 amide bonds. The van der Waals surface area contributed by atoms with E-state index >= 15 is 0 Å². The molecule has 1 aromatic carbocycles. The van der Waals surface area contributed by atoms with Crippen molar-refractivity contribution in [3.8, 4) is 11.4 Å². The molecule has 0 fully saturated rings. The van der Waals surface area contributed by atoms with Crippen molar-refractivity contribution in [2.75, 3.05) is 0 Å². The van der Waals surface area contributed by atoms with Crippen molar-refractivity contribution in [2.24, 2.45) is 0 Å². The number of H-pyrrole nitrogens is 2. The van der Waals surface area contributed by atoms with Crippen molar-refractivity contribution in [3.63, 3.8) is 0 Å². The average Bonchev–Trinajstić information content (AvgIpc) is 2.54. The third kappa shape index (κ3) is 1.12. The molecule has 0 saturated carbocycles. The lowest BCUT2D eigenvalue weighted by Gasteiger charge is -1.85. The van der Waals surface area contributed by atoms with Crippen LogP contribution >= 0.6 is 0 Å². The Morgan fingerprint density at radius 1 is 1.25 bits per heavy atom. The molecule has 0 atom stereocenters. The van der Waals surface area contributed by atoms with Gasteiger partial charge in [0, 0.05) is 10.8 Å². The molecular formula is C7H7N4O+. The smallest absolute Gasteiger partial charge is 0.122 e. The van der Waals surface area contributed by atoms with Gasteiger partial charge in [0.2, 0.25) is 0 Å². The van der Waals surface area contributed by atoms with E-state index in [1.54, 1.807) is 0 Å². The molecule has 5 heteroatoms. The highest BCUT2D eigenvalue weighted by atomic mass is 16.3. The van der Waals surface area contributed by atoms with Crippen molar-refractivity contribution in [2.45, 2.75) is 0 Å². The van der Waals surface area contributed by atoms with E-state index in [1.165, 1.54) is 0 Å². The first-order valence-corrected chi connectivity index (χ1v) is 3.49. The van der Waals surface area contributed by atoms with E-state index in [1.807, 2.05) is 30.3 Å². The fraction of sp³-hybridized carbons (Fsp3) is 0. The Morgan fingerprint density at radius 2 is 2.00 bits per heavy atom. The van der Waals surface area contributed by atoms with Crippen LogP contribution in [0.1, 0.15) is 0 Å². The van der Waals surface area contributed by atoms with Crippen LogP contribution in [0.25, 0.3) is 11.4 Å². The highest BCUT2D eigenvalue weighted by Crippen LogP contribution is 2.09. The Morgan fingerprint density at radius 3 is 2.58 bits per heavy atom. The lowest BCUT2D eigenvalue weighted by Crippen LogP contribution is -2.18. The van der Waals surface area contributed by atoms with Gasteiger partial charge in [-0.1, -0.05) is 18.2 Å². The number of hydrogen-bond acceptors (Lipinski definition) is 2. The number of aromatic nitrogens is 4. The van der Waals surface area contributed by atoms with Gasteiger partial charge < -0.3 is 0 Å². The molecule has 2 aromatic rings. The molecule has 0 spiro atoms.